The Hall–Kier alpha value is -1.27. The van der Waals surface area contributed by atoms with Gasteiger partial charge in [-0.05, 0) is 34.5 Å². The van der Waals surface area contributed by atoms with E-state index in [4.69, 9.17) is 5.73 Å². The molecule has 0 spiro atoms. The van der Waals surface area contributed by atoms with Crippen molar-refractivity contribution in [2.45, 2.75) is 19.5 Å². The van der Waals surface area contributed by atoms with Gasteiger partial charge in [-0.25, -0.2) is 8.78 Å². The van der Waals surface area contributed by atoms with Crippen LogP contribution in [-0.2, 0) is 6.54 Å². The molecule has 2 N–H and O–H groups in total. The molecule has 18 heavy (non-hydrogen) atoms. The molecule has 0 bridgehead atoms. The summed E-state index contributed by atoms with van der Waals surface area (Å²) < 4.78 is 28.2. The first-order chi connectivity index (χ1) is 8.54. The van der Waals surface area contributed by atoms with Gasteiger partial charge < -0.3 is 5.73 Å². The molecule has 1 heterocycles. The largest absolute Gasteiger partial charge is 0.320 e. The molecule has 3 nitrogen and oxygen atoms in total. The second kappa shape index (κ2) is 5.16. The van der Waals surface area contributed by atoms with E-state index < -0.39 is 17.7 Å². The molecule has 2 aromatic rings. The van der Waals surface area contributed by atoms with Crippen LogP contribution in [-0.4, -0.2) is 9.78 Å². The van der Waals surface area contributed by atoms with E-state index >= 15 is 0 Å². The van der Waals surface area contributed by atoms with Crippen molar-refractivity contribution >= 4 is 15.9 Å². The van der Waals surface area contributed by atoms with Gasteiger partial charge in [0.1, 0.15) is 0 Å². The average Bonchev–Trinajstić information content (AvgIpc) is 2.84. The van der Waals surface area contributed by atoms with Gasteiger partial charge in [0, 0.05) is 18.3 Å². The SMILES string of the molecule is CCn1cc(C(N)c2ccc(F)c(F)c2Br)cn1. The summed E-state index contributed by atoms with van der Waals surface area (Å²) in [5.41, 5.74) is 7.28. The zero-order valence-corrected chi connectivity index (χ0v) is 11.3. The fourth-order valence-electron chi connectivity index (χ4n) is 1.67. The molecule has 0 saturated carbocycles. The van der Waals surface area contributed by atoms with Crippen LogP contribution in [0, 0.1) is 11.6 Å². The van der Waals surface area contributed by atoms with Gasteiger partial charge >= 0.3 is 0 Å². The summed E-state index contributed by atoms with van der Waals surface area (Å²) in [4.78, 5) is 0. The van der Waals surface area contributed by atoms with Crippen LogP contribution in [0.15, 0.2) is 29.0 Å². The number of aromatic nitrogens is 2. The molecular weight excluding hydrogens is 304 g/mol. The molecule has 0 fully saturated rings. The second-order valence-electron chi connectivity index (χ2n) is 3.87. The van der Waals surface area contributed by atoms with Crippen molar-refractivity contribution in [2.24, 2.45) is 5.73 Å². The Labute approximate surface area is 112 Å². The highest BCUT2D eigenvalue weighted by Gasteiger charge is 2.18. The van der Waals surface area contributed by atoms with E-state index in [1.807, 2.05) is 6.92 Å². The fraction of sp³-hybridized carbons (Fsp3) is 0.250. The van der Waals surface area contributed by atoms with Crippen molar-refractivity contribution in [3.63, 3.8) is 0 Å². The van der Waals surface area contributed by atoms with Crippen LogP contribution < -0.4 is 5.73 Å². The van der Waals surface area contributed by atoms with E-state index in [0.29, 0.717) is 5.56 Å². The predicted octanol–water partition coefficient (Wildman–Crippen LogP) is 2.99. The molecule has 1 unspecified atom stereocenters. The van der Waals surface area contributed by atoms with Crippen molar-refractivity contribution in [3.8, 4) is 0 Å². The Kier molecular flexibility index (Phi) is 3.77. The summed E-state index contributed by atoms with van der Waals surface area (Å²) in [7, 11) is 0. The zero-order valence-electron chi connectivity index (χ0n) is 9.70. The first-order valence-electron chi connectivity index (χ1n) is 5.46. The molecule has 1 atom stereocenters. The molecule has 0 aliphatic rings. The number of aryl methyl sites for hydroxylation is 1. The standard InChI is InChI=1S/C12H12BrF2N3/c1-2-18-6-7(5-17-18)12(16)8-3-4-9(14)11(15)10(8)13/h3-6,12H,2,16H2,1H3. The molecule has 1 aromatic carbocycles. The third-order valence-corrected chi connectivity index (χ3v) is 3.54. The van der Waals surface area contributed by atoms with Crippen molar-refractivity contribution < 1.29 is 8.78 Å². The van der Waals surface area contributed by atoms with Gasteiger partial charge in [-0.15, -0.1) is 0 Å². The average molecular weight is 316 g/mol. The molecule has 0 radical (unpaired) electrons. The van der Waals surface area contributed by atoms with Crippen molar-refractivity contribution in [1.29, 1.82) is 0 Å². The van der Waals surface area contributed by atoms with Crippen LogP contribution in [0.4, 0.5) is 8.78 Å². The monoisotopic (exact) mass is 315 g/mol. The summed E-state index contributed by atoms with van der Waals surface area (Å²) in [6.07, 6.45) is 3.42. The molecular formula is C12H12BrF2N3. The van der Waals surface area contributed by atoms with E-state index in [1.165, 1.54) is 6.07 Å². The third kappa shape index (κ3) is 2.30. The lowest BCUT2D eigenvalue weighted by Crippen LogP contribution is -2.13. The maximum Gasteiger partial charge on any atom is 0.173 e. The van der Waals surface area contributed by atoms with Gasteiger partial charge in [-0.2, -0.15) is 5.10 Å². The molecule has 0 saturated heterocycles. The Morgan fingerprint density at radius 3 is 2.78 bits per heavy atom. The molecule has 1 aromatic heterocycles. The lowest BCUT2D eigenvalue weighted by atomic mass is 10.0. The molecule has 6 heteroatoms. The lowest BCUT2D eigenvalue weighted by Gasteiger charge is -2.12. The fourth-order valence-corrected chi connectivity index (χ4v) is 2.24. The first-order valence-corrected chi connectivity index (χ1v) is 6.25. The van der Waals surface area contributed by atoms with Crippen LogP contribution in [0.2, 0.25) is 0 Å². The highest BCUT2D eigenvalue weighted by molar-refractivity contribution is 9.10. The number of benzene rings is 1. The highest BCUT2D eigenvalue weighted by Crippen LogP contribution is 2.30. The van der Waals surface area contributed by atoms with E-state index in [9.17, 15) is 8.78 Å². The number of hydrogen-bond acceptors (Lipinski definition) is 2. The molecule has 2 rings (SSSR count). The molecule has 0 aliphatic carbocycles. The minimum Gasteiger partial charge on any atom is -0.320 e. The number of rotatable bonds is 3. The van der Waals surface area contributed by atoms with Crippen molar-refractivity contribution in [2.75, 3.05) is 0 Å². The maximum atomic E-state index is 13.4. The van der Waals surface area contributed by atoms with E-state index in [0.717, 1.165) is 18.2 Å². The van der Waals surface area contributed by atoms with Crippen LogP contribution in [0.5, 0.6) is 0 Å². The maximum absolute atomic E-state index is 13.4. The Morgan fingerprint density at radius 1 is 1.44 bits per heavy atom. The molecule has 0 aliphatic heterocycles. The number of hydrogen-bond donors (Lipinski definition) is 1. The predicted molar refractivity (Wildman–Crippen MR) is 68.0 cm³/mol. The van der Waals surface area contributed by atoms with Crippen LogP contribution in [0.1, 0.15) is 24.1 Å². The van der Waals surface area contributed by atoms with Gasteiger partial charge in [0.15, 0.2) is 11.6 Å². The summed E-state index contributed by atoms with van der Waals surface area (Å²) >= 11 is 3.03. The van der Waals surface area contributed by atoms with Crippen LogP contribution in [0.3, 0.4) is 0 Å². The van der Waals surface area contributed by atoms with Gasteiger partial charge in [-0.1, -0.05) is 6.07 Å². The topological polar surface area (TPSA) is 43.8 Å². The number of nitrogens with two attached hydrogens (primary N) is 1. The molecule has 0 amide bonds. The van der Waals surface area contributed by atoms with Crippen molar-refractivity contribution in [3.05, 3.63) is 51.8 Å². The van der Waals surface area contributed by atoms with E-state index in [1.54, 1.807) is 17.1 Å². The quantitative estimate of drug-likeness (QED) is 0.885. The van der Waals surface area contributed by atoms with E-state index in [2.05, 4.69) is 21.0 Å². The van der Waals surface area contributed by atoms with Crippen LogP contribution >= 0.6 is 15.9 Å². The summed E-state index contributed by atoms with van der Waals surface area (Å²) in [5, 5.41) is 4.10. The summed E-state index contributed by atoms with van der Waals surface area (Å²) in [6, 6.07) is 1.99. The van der Waals surface area contributed by atoms with Gasteiger partial charge in [0.05, 0.1) is 16.7 Å². The zero-order chi connectivity index (χ0) is 13.3. The molecule has 96 valence electrons. The minimum absolute atomic E-state index is 0.0549. The first kappa shape index (κ1) is 13.2. The Balaban J connectivity index is 2.39. The van der Waals surface area contributed by atoms with Gasteiger partial charge in [-0.3, -0.25) is 4.68 Å². The smallest absolute Gasteiger partial charge is 0.173 e. The Morgan fingerprint density at radius 2 is 2.17 bits per heavy atom. The summed E-state index contributed by atoms with van der Waals surface area (Å²) in [5.74, 6) is -1.83. The lowest BCUT2D eigenvalue weighted by molar-refractivity contribution is 0.501. The van der Waals surface area contributed by atoms with Crippen molar-refractivity contribution in [1.82, 2.24) is 9.78 Å². The van der Waals surface area contributed by atoms with E-state index in [-0.39, 0.29) is 4.47 Å². The van der Waals surface area contributed by atoms with Gasteiger partial charge in [0.2, 0.25) is 0 Å². The highest BCUT2D eigenvalue weighted by atomic mass is 79.9. The third-order valence-electron chi connectivity index (χ3n) is 2.74. The van der Waals surface area contributed by atoms with Gasteiger partial charge in [0.25, 0.3) is 0 Å². The number of nitrogens with zero attached hydrogens (tertiary/aromatic N) is 2. The number of halogens is 3. The minimum atomic E-state index is -0.925. The Bertz CT molecular complexity index is 568. The summed E-state index contributed by atoms with van der Waals surface area (Å²) in [6.45, 7) is 2.68. The normalized spacial score (nSPS) is 12.7. The van der Waals surface area contributed by atoms with Crippen LogP contribution in [0.25, 0.3) is 0 Å². The second-order valence-corrected chi connectivity index (χ2v) is 4.66.